The van der Waals surface area contributed by atoms with Gasteiger partial charge < -0.3 is 15.2 Å². The molecule has 2 N–H and O–H groups in total. The van der Waals surface area contributed by atoms with Gasteiger partial charge in [0.25, 0.3) is 5.91 Å². The number of imide groups is 1. The van der Waals surface area contributed by atoms with Crippen LogP contribution in [0.5, 0.6) is 0 Å². The lowest BCUT2D eigenvalue weighted by atomic mass is 9.85. The highest BCUT2D eigenvalue weighted by Gasteiger charge is 2.57. The van der Waals surface area contributed by atoms with E-state index in [0.717, 1.165) is 27.3 Å². The molecule has 1 spiro atoms. The van der Waals surface area contributed by atoms with E-state index < -0.39 is 17.5 Å². The molecule has 2 aromatic carbocycles. The molecule has 3 aromatic rings. The Kier molecular flexibility index (Phi) is 6.02. The zero-order chi connectivity index (χ0) is 24.6. The van der Waals surface area contributed by atoms with Crippen molar-refractivity contribution in [2.45, 2.75) is 31.3 Å². The van der Waals surface area contributed by atoms with Crippen molar-refractivity contribution in [2.24, 2.45) is 12.8 Å². The van der Waals surface area contributed by atoms with Crippen molar-refractivity contribution >= 4 is 28.9 Å². The number of imidazole rings is 1. The predicted octanol–water partition coefficient (Wildman–Crippen LogP) is 1.90. The number of aromatic nitrogens is 2. The number of piperidine rings is 1. The largest absolute Gasteiger partial charge is 0.368 e. The number of hydrogen-bond donors (Lipinski definition) is 1. The second-order valence-electron chi connectivity index (χ2n) is 9.41. The van der Waals surface area contributed by atoms with Crippen LogP contribution in [0.3, 0.4) is 0 Å². The Morgan fingerprint density at radius 2 is 1.71 bits per heavy atom. The smallest absolute Gasteiger partial charge is 0.328 e. The topological polar surface area (TPSA) is 105 Å². The van der Waals surface area contributed by atoms with Crippen molar-refractivity contribution in [1.82, 2.24) is 24.3 Å². The number of aryl methyl sites for hydroxylation is 1. The van der Waals surface area contributed by atoms with E-state index in [-0.39, 0.29) is 12.5 Å². The summed E-state index contributed by atoms with van der Waals surface area (Å²) in [6.45, 7) is 1.99. The molecule has 0 saturated carbocycles. The van der Waals surface area contributed by atoms with E-state index in [1.807, 2.05) is 55.6 Å². The summed E-state index contributed by atoms with van der Waals surface area (Å²) in [5.74, 6) is -0.0324. The summed E-state index contributed by atoms with van der Waals surface area (Å²) in [5.41, 5.74) is 7.56. The molecule has 0 aliphatic carbocycles. The lowest BCUT2D eigenvalue weighted by Crippen LogP contribution is -2.57. The molecule has 0 radical (unpaired) electrons. The summed E-state index contributed by atoms with van der Waals surface area (Å²) < 4.78 is 2.10. The standard InChI is InChI=1S/C26H30N6O3/c1-29-21-10-6-5-9-20(21)28-23(29)18-30-15-12-26(13-16-30)24(34)31(17-22(27)33)25(35)32(26)14-11-19-7-3-2-4-8-19/h2-10H,11-18H2,1H3,(H2,27,33). The van der Waals surface area contributed by atoms with E-state index in [9.17, 15) is 14.4 Å². The van der Waals surface area contributed by atoms with Crippen LogP contribution in [-0.2, 0) is 29.6 Å². The minimum absolute atomic E-state index is 0.309. The van der Waals surface area contributed by atoms with Gasteiger partial charge >= 0.3 is 6.03 Å². The van der Waals surface area contributed by atoms with Gasteiger partial charge in [0.2, 0.25) is 5.91 Å². The average molecular weight is 475 g/mol. The number of urea groups is 1. The maximum absolute atomic E-state index is 13.5. The first-order chi connectivity index (χ1) is 16.9. The number of carbonyl (C=O) groups excluding carboxylic acids is 3. The molecular formula is C26H30N6O3. The van der Waals surface area contributed by atoms with E-state index in [0.29, 0.717) is 45.4 Å². The van der Waals surface area contributed by atoms with E-state index in [1.165, 1.54) is 0 Å². The molecule has 0 atom stereocenters. The second-order valence-corrected chi connectivity index (χ2v) is 9.41. The van der Waals surface area contributed by atoms with Gasteiger partial charge in [-0.2, -0.15) is 0 Å². The molecule has 2 aliphatic rings. The zero-order valence-corrected chi connectivity index (χ0v) is 19.9. The van der Waals surface area contributed by atoms with E-state index in [4.69, 9.17) is 10.7 Å². The lowest BCUT2D eigenvalue weighted by Gasteiger charge is -2.42. The summed E-state index contributed by atoms with van der Waals surface area (Å²) in [6.07, 6.45) is 1.65. The van der Waals surface area contributed by atoms with Crippen molar-refractivity contribution in [2.75, 3.05) is 26.2 Å². The van der Waals surface area contributed by atoms with Crippen LogP contribution in [-0.4, -0.2) is 73.8 Å². The number of hydrogen-bond acceptors (Lipinski definition) is 5. The molecule has 9 heteroatoms. The fraction of sp³-hybridized carbons (Fsp3) is 0.385. The molecule has 1 aromatic heterocycles. The summed E-state index contributed by atoms with van der Waals surface area (Å²) in [5, 5.41) is 0. The van der Waals surface area contributed by atoms with Gasteiger partial charge in [-0.1, -0.05) is 42.5 Å². The average Bonchev–Trinajstić information content (AvgIpc) is 3.27. The zero-order valence-electron chi connectivity index (χ0n) is 19.9. The number of primary amides is 1. The van der Waals surface area contributed by atoms with Crippen LogP contribution in [0.25, 0.3) is 11.0 Å². The highest BCUT2D eigenvalue weighted by atomic mass is 16.2. The van der Waals surface area contributed by atoms with Crippen LogP contribution in [0.15, 0.2) is 54.6 Å². The fourth-order valence-corrected chi connectivity index (χ4v) is 5.37. The van der Waals surface area contributed by atoms with Crippen molar-refractivity contribution < 1.29 is 14.4 Å². The Hall–Kier alpha value is -3.72. The van der Waals surface area contributed by atoms with Gasteiger partial charge in [-0.15, -0.1) is 0 Å². The van der Waals surface area contributed by atoms with E-state index >= 15 is 0 Å². The summed E-state index contributed by atoms with van der Waals surface area (Å²) in [4.78, 5) is 48.1. The molecule has 4 amide bonds. The number of carbonyl (C=O) groups is 3. The summed E-state index contributed by atoms with van der Waals surface area (Å²) >= 11 is 0. The maximum atomic E-state index is 13.5. The van der Waals surface area contributed by atoms with Gasteiger partial charge in [-0.25, -0.2) is 9.78 Å². The van der Waals surface area contributed by atoms with Crippen LogP contribution in [0, 0.1) is 0 Å². The number of fused-ring (bicyclic) bond motifs is 1. The van der Waals surface area contributed by atoms with Crippen LogP contribution in [0.1, 0.15) is 24.2 Å². The van der Waals surface area contributed by atoms with Crippen molar-refractivity contribution in [3.63, 3.8) is 0 Å². The third-order valence-electron chi connectivity index (χ3n) is 7.33. The molecule has 2 aliphatic heterocycles. The first-order valence-corrected chi connectivity index (χ1v) is 12.0. The molecule has 2 saturated heterocycles. The number of likely N-dealkylation sites (tertiary alicyclic amines) is 1. The van der Waals surface area contributed by atoms with Crippen molar-refractivity contribution in [1.29, 1.82) is 0 Å². The highest BCUT2D eigenvalue weighted by Crippen LogP contribution is 2.37. The van der Waals surface area contributed by atoms with Gasteiger partial charge in [0.05, 0.1) is 17.6 Å². The first-order valence-electron chi connectivity index (χ1n) is 12.0. The Balaban J connectivity index is 1.34. The molecule has 9 nitrogen and oxygen atoms in total. The van der Waals surface area contributed by atoms with Crippen LogP contribution >= 0.6 is 0 Å². The van der Waals surface area contributed by atoms with Gasteiger partial charge in [0.15, 0.2) is 0 Å². The van der Waals surface area contributed by atoms with Gasteiger partial charge in [-0.05, 0) is 37.0 Å². The van der Waals surface area contributed by atoms with E-state index in [1.54, 1.807) is 4.90 Å². The molecule has 182 valence electrons. The SMILES string of the molecule is Cn1c(CN2CCC3(CC2)C(=O)N(CC(N)=O)C(=O)N3CCc2ccccc2)nc2ccccc21. The number of nitrogens with zero attached hydrogens (tertiary/aromatic N) is 5. The molecule has 0 unspecified atom stereocenters. The van der Waals surface area contributed by atoms with Crippen molar-refractivity contribution in [3.05, 3.63) is 66.0 Å². The fourth-order valence-electron chi connectivity index (χ4n) is 5.37. The Labute approximate surface area is 204 Å². The quantitative estimate of drug-likeness (QED) is 0.527. The molecule has 3 heterocycles. The minimum atomic E-state index is -0.940. The highest BCUT2D eigenvalue weighted by molar-refractivity contribution is 6.09. The van der Waals surface area contributed by atoms with Crippen LogP contribution in [0.4, 0.5) is 4.79 Å². The molecule has 2 fully saturated rings. The first kappa shape index (κ1) is 23.0. The number of rotatable bonds is 7. The summed E-state index contributed by atoms with van der Waals surface area (Å²) in [6, 6.07) is 17.5. The van der Waals surface area contributed by atoms with E-state index in [2.05, 4.69) is 15.5 Å². The van der Waals surface area contributed by atoms with Gasteiger partial charge in [-0.3, -0.25) is 19.4 Å². The number of benzene rings is 2. The minimum Gasteiger partial charge on any atom is -0.368 e. The predicted molar refractivity (Wildman–Crippen MR) is 131 cm³/mol. The van der Waals surface area contributed by atoms with Crippen LogP contribution < -0.4 is 5.73 Å². The number of para-hydroxylation sites is 2. The number of nitrogens with two attached hydrogens (primary N) is 1. The Morgan fingerprint density at radius 1 is 1.03 bits per heavy atom. The third-order valence-corrected chi connectivity index (χ3v) is 7.33. The molecule has 0 bridgehead atoms. The second kappa shape index (κ2) is 9.14. The monoisotopic (exact) mass is 474 g/mol. The lowest BCUT2D eigenvalue weighted by molar-refractivity contribution is -0.137. The summed E-state index contributed by atoms with van der Waals surface area (Å²) in [7, 11) is 2.02. The van der Waals surface area contributed by atoms with Gasteiger partial charge in [0.1, 0.15) is 17.9 Å². The Morgan fingerprint density at radius 3 is 2.40 bits per heavy atom. The van der Waals surface area contributed by atoms with Crippen LogP contribution in [0.2, 0.25) is 0 Å². The molecule has 5 rings (SSSR count). The molecule has 35 heavy (non-hydrogen) atoms. The Bertz CT molecular complexity index is 1260. The maximum Gasteiger partial charge on any atom is 0.328 e. The number of amides is 4. The normalized spacial score (nSPS) is 18.2. The van der Waals surface area contributed by atoms with Crippen molar-refractivity contribution in [3.8, 4) is 0 Å². The third kappa shape index (κ3) is 4.16. The molecular weight excluding hydrogens is 444 g/mol. The van der Waals surface area contributed by atoms with Gasteiger partial charge in [0, 0.05) is 26.7 Å².